The van der Waals surface area contributed by atoms with Gasteiger partial charge in [-0.3, -0.25) is 14.5 Å². The number of furan rings is 1. The molecule has 1 atom stereocenters. The molecule has 1 aromatic carbocycles. The molecular weight excluding hydrogens is 452 g/mol. The number of aromatic nitrogens is 1. The second-order valence-electron chi connectivity index (χ2n) is 8.29. The number of anilines is 1. The van der Waals surface area contributed by atoms with Crippen molar-refractivity contribution in [1.82, 2.24) is 15.2 Å². The molecule has 0 aliphatic carbocycles. The van der Waals surface area contributed by atoms with Gasteiger partial charge in [-0.25, -0.2) is 4.98 Å². The fourth-order valence-corrected chi connectivity index (χ4v) is 3.77. The van der Waals surface area contributed by atoms with Crippen LogP contribution in [-0.4, -0.2) is 61.2 Å². The first-order valence-electron chi connectivity index (χ1n) is 11.5. The van der Waals surface area contributed by atoms with Crippen molar-refractivity contribution in [1.29, 1.82) is 0 Å². The van der Waals surface area contributed by atoms with Gasteiger partial charge >= 0.3 is 0 Å². The van der Waals surface area contributed by atoms with Crippen molar-refractivity contribution in [2.45, 2.75) is 33.0 Å². The van der Waals surface area contributed by atoms with E-state index in [-0.39, 0.29) is 30.2 Å². The van der Waals surface area contributed by atoms with Crippen molar-refractivity contribution in [3.8, 4) is 11.5 Å². The van der Waals surface area contributed by atoms with Gasteiger partial charge in [0, 0.05) is 31.5 Å². The van der Waals surface area contributed by atoms with Gasteiger partial charge in [-0.1, -0.05) is 0 Å². The zero-order chi connectivity index (χ0) is 24.8. The first-order chi connectivity index (χ1) is 16.9. The number of nitrogens with one attached hydrogen (secondary N) is 2. The molecule has 186 valence electrons. The van der Waals surface area contributed by atoms with E-state index in [0.717, 1.165) is 18.7 Å². The summed E-state index contributed by atoms with van der Waals surface area (Å²) in [6.07, 6.45) is 0. The molecule has 2 N–H and O–H groups in total. The molecule has 1 aliphatic heterocycles. The second kappa shape index (κ2) is 11.3. The topological polar surface area (TPSA) is 119 Å². The van der Waals surface area contributed by atoms with Gasteiger partial charge in [-0.15, -0.1) is 0 Å². The molecular formula is C25H30N4O6. The Hall–Kier alpha value is -3.47. The zero-order valence-corrected chi connectivity index (χ0v) is 20.1. The number of amides is 2. The highest BCUT2D eigenvalue weighted by molar-refractivity contribution is 6.02. The van der Waals surface area contributed by atoms with Crippen LogP contribution in [0.4, 0.5) is 5.69 Å². The Morgan fingerprint density at radius 2 is 1.86 bits per heavy atom. The second-order valence-corrected chi connectivity index (χ2v) is 8.29. The van der Waals surface area contributed by atoms with Gasteiger partial charge in [0.2, 0.25) is 11.8 Å². The molecule has 10 nitrogen and oxygen atoms in total. The quantitative estimate of drug-likeness (QED) is 0.478. The maximum Gasteiger partial charge on any atom is 0.291 e. The number of ether oxygens (including phenoxy) is 2. The van der Waals surface area contributed by atoms with Crippen LogP contribution >= 0.6 is 0 Å². The smallest absolute Gasteiger partial charge is 0.291 e. The van der Waals surface area contributed by atoms with Crippen LogP contribution in [0.1, 0.15) is 34.7 Å². The molecule has 1 fully saturated rings. The summed E-state index contributed by atoms with van der Waals surface area (Å²) in [7, 11) is 1.56. The summed E-state index contributed by atoms with van der Waals surface area (Å²) in [4.78, 5) is 31.6. The number of benzene rings is 1. The van der Waals surface area contributed by atoms with Gasteiger partial charge in [-0.05, 0) is 50.2 Å². The lowest BCUT2D eigenvalue weighted by atomic mass is 10.2. The van der Waals surface area contributed by atoms with Gasteiger partial charge in [0.05, 0.1) is 25.8 Å². The van der Waals surface area contributed by atoms with E-state index in [1.807, 2.05) is 26.0 Å². The fourth-order valence-electron chi connectivity index (χ4n) is 3.77. The molecule has 4 rings (SSSR count). The number of aryl methyl sites for hydroxylation is 1. The van der Waals surface area contributed by atoms with Crippen molar-refractivity contribution < 1.29 is 27.9 Å². The van der Waals surface area contributed by atoms with Gasteiger partial charge in [-0.2, -0.15) is 0 Å². The summed E-state index contributed by atoms with van der Waals surface area (Å²) in [6.45, 7) is 7.07. The maximum atomic E-state index is 12.6. The van der Waals surface area contributed by atoms with Crippen LogP contribution in [-0.2, 0) is 27.4 Å². The van der Waals surface area contributed by atoms with E-state index in [0.29, 0.717) is 48.6 Å². The third kappa shape index (κ3) is 6.16. The van der Waals surface area contributed by atoms with Gasteiger partial charge < -0.3 is 28.9 Å². The minimum absolute atomic E-state index is 0.0538. The Balaban J connectivity index is 1.34. The Kier molecular flexibility index (Phi) is 7.96. The highest BCUT2D eigenvalue weighted by Gasteiger charge is 2.23. The molecule has 35 heavy (non-hydrogen) atoms. The number of morpholine rings is 1. The van der Waals surface area contributed by atoms with E-state index in [4.69, 9.17) is 18.3 Å². The monoisotopic (exact) mass is 482 g/mol. The van der Waals surface area contributed by atoms with Crippen LogP contribution < -0.4 is 10.6 Å². The molecule has 2 amide bonds. The molecule has 0 radical (unpaired) electrons. The highest BCUT2D eigenvalue weighted by Crippen LogP contribution is 2.24. The van der Waals surface area contributed by atoms with Crippen molar-refractivity contribution in [3.63, 3.8) is 0 Å². The first kappa shape index (κ1) is 24.6. The SMILES string of the molecule is COCc1ccc(C(=O)Nc2ccc(-c3nc(CNC(=O)[C@@H](C)N4CCOCC4)c(C)o3)cc2)o1. The minimum Gasteiger partial charge on any atom is -0.453 e. The average Bonchev–Trinajstić information content (AvgIpc) is 3.50. The Labute approximate surface area is 203 Å². The summed E-state index contributed by atoms with van der Waals surface area (Å²) in [5.74, 6) is 1.47. The summed E-state index contributed by atoms with van der Waals surface area (Å²) >= 11 is 0. The average molecular weight is 483 g/mol. The standard InChI is InChI=1S/C25H30N4O6/c1-16(29-10-12-33-13-11-29)23(30)26-14-21-17(2)34-25(28-21)18-4-6-19(7-5-18)27-24(31)22-9-8-20(35-22)15-32-3/h4-9,16H,10-15H2,1-3H3,(H,26,30)(H,27,31)/t16-/m1/s1. The van der Waals surface area contributed by atoms with Gasteiger partial charge in [0.1, 0.15) is 23.8 Å². The van der Waals surface area contributed by atoms with E-state index in [1.165, 1.54) is 0 Å². The van der Waals surface area contributed by atoms with E-state index in [1.54, 1.807) is 31.4 Å². The first-order valence-corrected chi connectivity index (χ1v) is 11.5. The fraction of sp³-hybridized carbons (Fsp3) is 0.400. The molecule has 1 aliphatic rings. The van der Waals surface area contributed by atoms with Crippen LogP contribution in [0.5, 0.6) is 0 Å². The lowest BCUT2D eigenvalue weighted by molar-refractivity contribution is -0.127. The predicted octanol–water partition coefficient (Wildman–Crippen LogP) is 2.98. The van der Waals surface area contributed by atoms with Crippen LogP contribution in [0.15, 0.2) is 45.2 Å². The third-order valence-electron chi connectivity index (χ3n) is 5.86. The number of hydrogen-bond acceptors (Lipinski definition) is 8. The third-order valence-corrected chi connectivity index (χ3v) is 5.86. The maximum absolute atomic E-state index is 12.6. The Morgan fingerprint density at radius 3 is 2.57 bits per heavy atom. The normalized spacial score (nSPS) is 15.1. The molecule has 10 heteroatoms. The van der Waals surface area contributed by atoms with Crippen LogP contribution in [0.2, 0.25) is 0 Å². The molecule has 3 aromatic rings. The number of hydrogen-bond donors (Lipinski definition) is 2. The summed E-state index contributed by atoms with van der Waals surface area (Å²) in [5, 5.41) is 5.74. The zero-order valence-electron chi connectivity index (χ0n) is 20.1. The number of carbonyl (C=O) groups excluding carboxylic acids is 2. The molecule has 0 saturated carbocycles. The van der Waals surface area contributed by atoms with E-state index < -0.39 is 0 Å². The lowest BCUT2D eigenvalue weighted by Gasteiger charge is -2.31. The minimum atomic E-state index is -0.351. The van der Waals surface area contributed by atoms with E-state index >= 15 is 0 Å². The lowest BCUT2D eigenvalue weighted by Crippen LogP contribution is -2.49. The number of carbonyl (C=O) groups is 2. The summed E-state index contributed by atoms with van der Waals surface area (Å²) < 4.78 is 21.6. The number of oxazole rings is 1. The van der Waals surface area contributed by atoms with Crippen LogP contribution in [0, 0.1) is 6.92 Å². The number of methoxy groups -OCH3 is 1. The highest BCUT2D eigenvalue weighted by atomic mass is 16.5. The molecule has 0 unspecified atom stereocenters. The van der Waals surface area contributed by atoms with Crippen molar-refractivity contribution in [2.24, 2.45) is 0 Å². The number of rotatable bonds is 9. The molecule has 3 heterocycles. The Bertz CT molecular complexity index is 1150. The van der Waals surface area contributed by atoms with Gasteiger partial charge in [0.15, 0.2) is 5.76 Å². The van der Waals surface area contributed by atoms with Gasteiger partial charge in [0.25, 0.3) is 5.91 Å². The molecule has 0 spiro atoms. The van der Waals surface area contributed by atoms with E-state index in [2.05, 4.69) is 20.5 Å². The Morgan fingerprint density at radius 1 is 1.11 bits per heavy atom. The summed E-state index contributed by atoms with van der Waals surface area (Å²) in [6, 6.07) is 10.2. The predicted molar refractivity (Wildman–Crippen MR) is 128 cm³/mol. The summed E-state index contributed by atoms with van der Waals surface area (Å²) in [5.41, 5.74) is 2.03. The van der Waals surface area contributed by atoms with Crippen LogP contribution in [0.3, 0.4) is 0 Å². The van der Waals surface area contributed by atoms with Crippen molar-refractivity contribution in [2.75, 3.05) is 38.7 Å². The molecule has 1 saturated heterocycles. The molecule has 0 bridgehead atoms. The van der Waals surface area contributed by atoms with E-state index in [9.17, 15) is 9.59 Å². The number of nitrogens with zero attached hydrogens (tertiary/aromatic N) is 2. The largest absolute Gasteiger partial charge is 0.453 e. The molecule has 2 aromatic heterocycles. The van der Waals surface area contributed by atoms with Crippen LogP contribution in [0.25, 0.3) is 11.5 Å². The van der Waals surface area contributed by atoms with Crippen molar-refractivity contribution in [3.05, 3.63) is 59.4 Å². The van der Waals surface area contributed by atoms with Crippen molar-refractivity contribution >= 4 is 17.5 Å².